The van der Waals surface area contributed by atoms with Crippen LogP contribution < -0.4 is 0 Å². The molecule has 1 aromatic heterocycles. The maximum absolute atomic E-state index is 10.7. The maximum atomic E-state index is 10.7. The van der Waals surface area contributed by atoms with E-state index in [1.165, 1.54) is 13.1 Å². The molecule has 0 aliphatic carbocycles. The highest BCUT2D eigenvalue weighted by atomic mass is 16.1. The third kappa shape index (κ3) is 0.988. The van der Waals surface area contributed by atoms with Gasteiger partial charge in [0.1, 0.15) is 0 Å². The fourth-order valence-corrected chi connectivity index (χ4v) is 0.706. The lowest BCUT2D eigenvalue weighted by Gasteiger charge is -1.86. The van der Waals surface area contributed by atoms with Crippen molar-refractivity contribution >= 4 is 5.78 Å². The Bertz CT molecular complexity index is 231. The van der Waals surface area contributed by atoms with Gasteiger partial charge in [0.05, 0.1) is 11.8 Å². The molecule has 0 fully saturated rings. The smallest absolute Gasteiger partial charge is 0.163 e. The Morgan fingerprint density at radius 3 is 2.78 bits per heavy atom. The summed E-state index contributed by atoms with van der Waals surface area (Å²) in [7, 11) is 0. The summed E-state index contributed by atoms with van der Waals surface area (Å²) in [6.45, 7) is 3.35. The van der Waals surface area contributed by atoms with Gasteiger partial charge in [-0.05, 0) is 13.8 Å². The Balaban J connectivity index is 0.000000810. The van der Waals surface area contributed by atoms with Crippen LogP contribution in [0.2, 0.25) is 0 Å². The number of carbonyl (C=O) groups is 1. The van der Waals surface area contributed by atoms with Gasteiger partial charge in [-0.15, -0.1) is 0 Å². The number of Topliss-reactive ketones (excluding diaryl/α,β-unsaturated/α-hetero) is 1. The molecule has 9 heavy (non-hydrogen) atoms. The zero-order valence-electron chi connectivity index (χ0n) is 5.43. The first-order chi connectivity index (χ1) is 4.22. The molecule has 1 heterocycles. The van der Waals surface area contributed by atoms with Crippen LogP contribution in [0.5, 0.6) is 0 Å². The van der Waals surface area contributed by atoms with Crippen LogP contribution >= 0.6 is 0 Å². The van der Waals surface area contributed by atoms with E-state index in [2.05, 4.69) is 10.2 Å². The van der Waals surface area contributed by atoms with Gasteiger partial charge in [0.2, 0.25) is 0 Å². The molecular formula is C6H10N2O. The lowest BCUT2D eigenvalue weighted by atomic mass is 10.2. The highest BCUT2D eigenvalue weighted by Gasteiger charge is 2.02. The zero-order valence-corrected chi connectivity index (χ0v) is 5.43. The SMILES string of the molecule is CC(=O)c1cn[nH]c1C.[HH]. The molecule has 3 heteroatoms. The number of carbonyl (C=O) groups excluding carboxylic acids is 1. The monoisotopic (exact) mass is 126 g/mol. The molecule has 0 radical (unpaired) electrons. The van der Waals surface area contributed by atoms with E-state index in [9.17, 15) is 4.79 Å². The molecule has 0 amide bonds. The number of nitrogens with one attached hydrogen (secondary N) is 1. The Hall–Kier alpha value is -1.12. The highest BCUT2D eigenvalue weighted by Crippen LogP contribution is 2.01. The fraction of sp³-hybridized carbons (Fsp3) is 0.333. The Morgan fingerprint density at radius 2 is 2.56 bits per heavy atom. The van der Waals surface area contributed by atoms with Crippen molar-refractivity contribution < 1.29 is 6.22 Å². The summed E-state index contributed by atoms with van der Waals surface area (Å²) in [6.07, 6.45) is 1.54. The molecule has 0 aliphatic rings. The molecule has 0 aliphatic heterocycles. The summed E-state index contributed by atoms with van der Waals surface area (Å²) in [5.74, 6) is 0.0567. The number of hydrogen-bond acceptors (Lipinski definition) is 2. The van der Waals surface area contributed by atoms with Crippen molar-refractivity contribution in [2.75, 3.05) is 0 Å². The third-order valence-electron chi connectivity index (χ3n) is 1.21. The van der Waals surface area contributed by atoms with Crippen molar-refractivity contribution in [3.05, 3.63) is 17.5 Å². The Kier molecular flexibility index (Phi) is 1.34. The first kappa shape index (κ1) is 6.01. The van der Waals surface area contributed by atoms with Gasteiger partial charge in [0.25, 0.3) is 0 Å². The van der Waals surface area contributed by atoms with Gasteiger partial charge < -0.3 is 0 Å². The normalized spacial score (nSPS) is 9.56. The molecule has 1 rings (SSSR count). The van der Waals surface area contributed by atoms with Crippen molar-refractivity contribution in [2.45, 2.75) is 13.8 Å². The average molecular weight is 126 g/mol. The molecule has 3 nitrogen and oxygen atoms in total. The van der Waals surface area contributed by atoms with Crippen LogP contribution in [0.1, 0.15) is 24.4 Å². The maximum Gasteiger partial charge on any atom is 0.163 e. The molecule has 0 spiro atoms. The molecule has 0 saturated heterocycles. The van der Waals surface area contributed by atoms with Crippen molar-refractivity contribution in [2.24, 2.45) is 0 Å². The quantitative estimate of drug-likeness (QED) is 0.574. The number of hydrogen-bond donors (Lipinski definition) is 1. The van der Waals surface area contributed by atoms with Crippen LogP contribution in [0.15, 0.2) is 6.20 Å². The van der Waals surface area contributed by atoms with Gasteiger partial charge in [0.15, 0.2) is 5.78 Å². The second-order valence-corrected chi connectivity index (χ2v) is 1.96. The van der Waals surface area contributed by atoms with E-state index < -0.39 is 0 Å². The zero-order chi connectivity index (χ0) is 6.85. The van der Waals surface area contributed by atoms with Crippen LogP contribution in [0, 0.1) is 6.92 Å². The highest BCUT2D eigenvalue weighted by molar-refractivity contribution is 5.94. The molecule has 0 unspecified atom stereocenters. The van der Waals surface area contributed by atoms with Gasteiger partial charge in [-0.1, -0.05) is 0 Å². The summed E-state index contributed by atoms with van der Waals surface area (Å²) in [4.78, 5) is 10.7. The van der Waals surface area contributed by atoms with Crippen LogP contribution in [0.3, 0.4) is 0 Å². The van der Waals surface area contributed by atoms with E-state index in [0.717, 1.165) is 5.69 Å². The van der Waals surface area contributed by atoms with Gasteiger partial charge in [0, 0.05) is 7.12 Å². The van der Waals surface area contributed by atoms with Gasteiger partial charge >= 0.3 is 0 Å². The van der Waals surface area contributed by atoms with Crippen molar-refractivity contribution in [3.63, 3.8) is 0 Å². The second kappa shape index (κ2) is 2.01. The fourth-order valence-electron chi connectivity index (χ4n) is 0.706. The average Bonchev–Trinajstić information content (AvgIpc) is 2.13. The van der Waals surface area contributed by atoms with Crippen LogP contribution in [-0.2, 0) is 0 Å². The third-order valence-corrected chi connectivity index (χ3v) is 1.21. The minimum atomic E-state index is 0. The lowest BCUT2D eigenvalue weighted by molar-refractivity contribution is 0.101. The number of aryl methyl sites for hydroxylation is 1. The summed E-state index contributed by atoms with van der Waals surface area (Å²) < 4.78 is 0. The Labute approximate surface area is 54.6 Å². The Morgan fingerprint density at radius 1 is 1.89 bits per heavy atom. The predicted octanol–water partition coefficient (Wildman–Crippen LogP) is 1.17. The molecule has 0 aromatic carbocycles. The lowest BCUT2D eigenvalue weighted by Crippen LogP contribution is -1.90. The molecule has 50 valence electrons. The van der Waals surface area contributed by atoms with Crippen molar-refractivity contribution in [1.29, 1.82) is 0 Å². The number of rotatable bonds is 1. The summed E-state index contributed by atoms with van der Waals surface area (Å²) in [6, 6.07) is 0. The van der Waals surface area contributed by atoms with Gasteiger partial charge in [-0.2, -0.15) is 5.10 Å². The topological polar surface area (TPSA) is 45.8 Å². The number of nitrogens with zero attached hydrogens (tertiary/aromatic N) is 1. The van der Waals surface area contributed by atoms with Crippen LogP contribution in [0.4, 0.5) is 0 Å². The largest absolute Gasteiger partial charge is 0.294 e. The summed E-state index contributed by atoms with van der Waals surface area (Å²) >= 11 is 0. The van der Waals surface area contributed by atoms with Crippen LogP contribution in [-0.4, -0.2) is 16.0 Å². The number of aromatic amines is 1. The summed E-state index contributed by atoms with van der Waals surface area (Å²) in [5.41, 5.74) is 1.51. The molecule has 1 aromatic rings. The second-order valence-electron chi connectivity index (χ2n) is 1.96. The number of aromatic nitrogens is 2. The standard InChI is InChI=1S/C6H8N2O.H2/c1-4-6(5(2)9)3-7-8-4;/h3H,1-2H3,(H,7,8);1H. The van der Waals surface area contributed by atoms with E-state index in [-0.39, 0.29) is 7.21 Å². The first-order valence-electron chi connectivity index (χ1n) is 2.72. The molecule has 0 atom stereocenters. The summed E-state index contributed by atoms with van der Waals surface area (Å²) in [5, 5.41) is 6.38. The van der Waals surface area contributed by atoms with E-state index >= 15 is 0 Å². The van der Waals surface area contributed by atoms with Gasteiger partial charge in [-0.25, -0.2) is 0 Å². The molecule has 0 bridgehead atoms. The van der Waals surface area contributed by atoms with E-state index in [1.54, 1.807) is 0 Å². The van der Waals surface area contributed by atoms with E-state index in [1.807, 2.05) is 6.92 Å². The van der Waals surface area contributed by atoms with Crippen molar-refractivity contribution in [1.82, 2.24) is 10.2 Å². The minimum absolute atomic E-state index is 0. The minimum Gasteiger partial charge on any atom is -0.294 e. The number of ketones is 1. The van der Waals surface area contributed by atoms with Crippen molar-refractivity contribution in [3.8, 4) is 0 Å². The molecular weight excluding hydrogens is 116 g/mol. The number of H-pyrrole nitrogens is 1. The predicted molar refractivity (Wildman–Crippen MR) is 35.4 cm³/mol. The molecule has 1 N–H and O–H groups in total. The molecule has 0 saturated carbocycles. The van der Waals surface area contributed by atoms with E-state index in [0.29, 0.717) is 5.56 Å². The van der Waals surface area contributed by atoms with Gasteiger partial charge in [-0.3, -0.25) is 9.89 Å². The van der Waals surface area contributed by atoms with E-state index in [4.69, 9.17) is 0 Å². The van der Waals surface area contributed by atoms with Crippen LogP contribution in [0.25, 0.3) is 0 Å². The first-order valence-corrected chi connectivity index (χ1v) is 2.72.